The van der Waals surface area contributed by atoms with Crippen LogP contribution in [0.15, 0.2) is 0 Å². The first kappa shape index (κ1) is 31.5. The van der Waals surface area contributed by atoms with Gasteiger partial charge in [0.1, 0.15) is 24.2 Å². The maximum atomic E-state index is 13.2. The molecule has 0 aromatic heterocycles. The van der Waals surface area contributed by atoms with E-state index in [0.29, 0.717) is 12.8 Å². The lowest BCUT2D eigenvalue weighted by molar-refractivity contribution is -0.163. The number of ether oxygens (including phenoxy) is 1. The topological polar surface area (TPSA) is 206 Å². The number of amides is 5. The summed E-state index contributed by atoms with van der Waals surface area (Å²) >= 11 is 0. The summed E-state index contributed by atoms with van der Waals surface area (Å²) in [5, 5.41) is 14.5. The molecule has 39 heavy (non-hydrogen) atoms. The Morgan fingerprint density at radius 2 is 1.85 bits per heavy atom. The number of nitrogens with two attached hydrogens (primary N) is 1. The Hall–Kier alpha value is -3.71. The predicted octanol–water partition coefficient (Wildman–Crippen LogP) is -1.10. The molecule has 0 bridgehead atoms. The first-order valence-electron chi connectivity index (χ1n) is 13.1. The van der Waals surface area contributed by atoms with Crippen LogP contribution >= 0.6 is 0 Å². The van der Waals surface area contributed by atoms with Gasteiger partial charge in [-0.1, -0.05) is 13.8 Å². The summed E-state index contributed by atoms with van der Waals surface area (Å²) in [6.07, 6.45) is -0.266. The molecule has 0 saturated carbocycles. The second kappa shape index (κ2) is 13.9. The molecule has 218 valence electrons. The van der Waals surface area contributed by atoms with Crippen molar-refractivity contribution in [3.05, 3.63) is 0 Å². The van der Waals surface area contributed by atoms with E-state index in [1.54, 1.807) is 0 Å². The molecule has 0 unspecified atom stereocenters. The third-order valence-corrected chi connectivity index (χ3v) is 6.85. The molecule has 14 nitrogen and oxygen atoms in total. The van der Waals surface area contributed by atoms with Gasteiger partial charge in [-0.05, 0) is 44.9 Å². The Labute approximate surface area is 226 Å². The van der Waals surface area contributed by atoms with Crippen molar-refractivity contribution in [1.29, 1.82) is 0 Å². The second-order valence-corrected chi connectivity index (χ2v) is 10.4. The summed E-state index contributed by atoms with van der Waals surface area (Å²) in [5.41, 5.74) is 5.18. The highest BCUT2D eigenvalue weighted by Crippen LogP contribution is 2.23. The number of carboxylic acid groups (broad SMARTS) is 1. The number of primary amides is 1. The summed E-state index contributed by atoms with van der Waals surface area (Å²) in [7, 11) is 1.40. The van der Waals surface area contributed by atoms with Crippen LogP contribution < -0.4 is 16.4 Å². The Morgan fingerprint density at radius 1 is 1.18 bits per heavy atom. The molecule has 0 aliphatic carbocycles. The summed E-state index contributed by atoms with van der Waals surface area (Å²) in [6, 6.07) is -4.09. The molecule has 5 atom stereocenters. The highest BCUT2D eigenvalue weighted by molar-refractivity contribution is 5.95. The highest BCUT2D eigenvalue weighted by atomic mass is 16.5. The van der Waals surface area contributed by atoms with Gasteiger partial charge in [0.2, 0.25) is 23.6 Å². The van der Waals surface area contributed by atoms with E-state index in [1.807, 2.05) is 13.8 Å². The lowest BCUT2D eigenvalue weighted by Gasteiger charge is -2.33. The molecule has 2 fully saturated rings. The number of carbonyl (C=O) groups excluding carboxylic acids is 6. The van der Waals surface area contributed by atoms with Gasteiger partial charge in [-0.2, -0.15) is 0 Å². The van der Waals surface area contributed by atoms with E-state index in [4.69, 9.17) is 10.5 Å². The minimum atomic E-state index is -1.33. The first-order valence-corrected chi connectivity index (χ1v) is 13.1. The molecular weight excluding hydrogens is 514 g/mol. The van der Waals surface area contributed by atoms with Crippen LogP contribution in [-0.2, 0) is 38.3 Å². The lowest BCUT2D eigenvalue weighted by Crippen LogP contribution is -2.54. The van der Waals surface area contributed by atoms with Crippen molar-refractivity contribution in [2.45, 2.75) is 96.0 Å². The molecule has 14 heteroatoms. The number of hydrogen-bond acceptors (Lipinski definition) is 8. The Kier molecular flexibility index (Phi) is 11.2. The largest absolute Gasteiger partial charge is 0.480 e. The number of nitrogens with one attached hydrogen (secondary N) is 2. The van der Waals surface area contributed by atoms with Gasteiger partial charge in [0.25, 0.3) is 5.91 Å². The Balaban J connectivity index is 2.08. The van der Waals surface area contributed by atoms with Crippen molar-refractivity contribution in [2.75, 3.05) is 13.6 Å². The third-order valence-electron chi connectivity index (χ3n) is 6.85. The van der Waals surface area contributed by atoms with Crippen molar-refractivity contribution in [3.8, 4) is 0 Å². The molecule has 2 aliphatic rings. The quantitative estimate of drug-likeness (QED) is 0.204. The van der Waals surface area contributed by atoms with Gasteiger partial charge in [0, 0.05) is 26.4 Å². The molecule has 0 aromatic rings. The van der Waals surface area contributed by atoms with E-state index in [-0.39, 0.29) is 50.5 Å². The van der Waals surface area contributed by atoms with Crippen molar-refractivity contribution in [3.63, 3.8) is 0 Å². The van der Waals surface area contributed by atoms with Crippen LogP contribution in [0.2, 0.25) is 0 Å². The van der Waals surface area contributed by atoms with Crippen LogP contribution in [0.1, 0.15) is 65.7 Å². The van der Waals surface area contributed by atoms with Gasteiger partial charge >= 0.3 is 11.9 Å². The minimum absolute atomic E-state index is 0.0232. The highest BCUT2D eigenvalue weighted by Gasteiger charge is 2.41. The molecule has 2 heterocycles. The summed E-state index contributed by atoms with van der Waals surface area (Å²) in [4.78, 5) is 88.7. The minimum Gasteiger partial charge on any atom is -0.480 e. The van der Waals surface area contributed by atoms with Crippen LogP contribution in [0.4, 0.5) is 0 Å². The predicted molar refractivity (Wildman–Crippen MR) is 135 cm³/mol. The fourth-order valence-electron chi connectivity index (χ4n) is 4.71. The fraction of sp³-hybridized carbons (Fsp3) is 0.720. The maximum Gasteiger partial charge on any atom is 0.329 e. The Morgan fingerprint density at radius 3 is 2.38 bits per heavy atom. The van der Waals surface area contributed by atoms with E-state index < -0.39 is 65.8 Å². The average Bonchev–Trinajstić information content (AvgIpc) is 3.52. The van der Waals surface area contributed by atoms with Crippen molar-refractivity contribution >= 4 is 41.5 Å². The number of likely N-dealkylation sites (tertiary alicyclic amines) is 1. The van der Waals surface area contributed by atoms with Gasteiger partial charge in [-0.3, -0.25) is 24.0 Å². The summed E-state index contributed by atoms with van der Waals surface area (Å²) in [5.74, 6) is -4.89. The van der Waals surface area contributed by atoms with E-state index in [1.165, 1.54) is 18.9 Å². The van der Waals surface area contributed by atoms with Crippen LogP contribution in [0.25, 0.3) is 0 Å². The zero-order valence-corrected chi connectivity index (χ0v) is 22.8. The molecule has 5 amide bonds. The van der Waals surface area contributed by atoms with Crippen molar-refractivity contribution in [2.24, 2.45) is 11.7 Å². The SMILES string of the molecule is CC(C)C[C@H](C(=O)O)N(C)C(=O)[C@@H]1CCCN1C(=O)[C@H](C)OC(=O)[C@H](CCC(N)=O)NC(=O)[C@@H]1CCC(=O)N1. The van der Waals surface area contributed by atoms with Gasteiger partial charge in [-0.15, -0.1) is 0 Å². The van der Waals surface area contributed by atoms with Gasteiger partial charge < -0.3 is 36.0 Å². The molecular formula is C25H39N5O9. The number of carbonyl (C=O) groups is 7. The zero-order valence-electron chi connectivity index (χ0n) is 22.8. The van der Waals surface area contributed by atoms with Crippen LogP contribution in [0.5, 0.6) is 0 Å². The number of esters is 1. The second-order valence-electron chi connectivity index (χ2n) is 10.4. The molecule has 2 rings (SSSR count). The summed E-state index contributed by atoms with van der Waals surface area (Å²) < 4.78 is 5.33. The van der Waals surface area contributed by atoms with Crippen LogP contribution in [-0.4, -0.2) is 100 Å². The molecule has 5 N–H and O–H groups in total. The number of carboxylic acids is 1. The van der Waals surface area contributed by atoms with E-state index in [0.717, 1.165) is 4.90 Å². The molecule has 2 aliphatic heterocycles. The molecule has 2 saturated heterocycles. The van der Waals surface area contributed by atoms with Crippen LogP contribution in [0.3, 0.4) is 0 Å². The summed E-state index contributed by atoms with van der Waals surface area (Å²) in [6.45, 7) is 5.24. The van der Waals surface area contributed by atoms with Gasteiger partial charge in [-0.25, -0.2) is 9.59 Å². The van der Waals surface area contributed by atoms with E-state index >= 15 is 0 Å². The van der Waals surface area contributed by atoms with E-state index in [9.17, 15) is 38.7 Å². The number of hydrogen-bond donors (Lipinski definition) is 4. The van der Waals surface area contributed by atoms with Gasteiger partial charge in [0.05, 0.1) is 0 Å². The number of rotatable bonds is 13. The number of aliphatic carboxylic acids is 1. The normalized spacial score (nSPS) is 21.1. The monoisotopic (exact) mass is 553 g/mol. The lowest BCUT2D eigenvalue weighted by atomic mass is 10.0. The third kappa shape index (κ3) is 8.65. The molecule has 0 spiro atoms. The number of likely N-dealkylation sites (N-methyl/N-ethyl adjacent to an activating group) is 1. The molecule has 0 aromatic carbocycles. The van der Waals surface area contributed by atoms with Gasteiger partial charge in [0.15, 0.2) is 6.10 Å². The maximum absolute atomic E-state index is 13.2. The Bertz CT molecular complexity index is 985. The first-order chi connectivity index (χ1) is 18.2. The van der Waals surface area contributed by atoms with E-state index in [2.05, 4.69) is 10.6 Å². The number of nitrogens with zero attached hydrogens (tertiary/aromatic N) is 2. The van der Waals surface area contributed by atoms with Crippen LogP contribution in [0, 0.1) is 5.92 Å². The van der Waals surface area contributed by atoms with Crippen molar-refractivity contribution < 1.29 is 43.4 Å². The smallest absolute Gasteiger partial charge is 0.329 e. The fourth-order valence-corrected chi connectivity index (χ4v) is 4.71. The standard InChI is InChI=1S/C25H39N5O9/c1-13(2)12-18(24(36)37)29(4)23(35)17-6-5-11-30(17)22(34)14(3)39-25(38)16(7-9-19(26)31)28-21(33)15-8-10-20(32)27-15/h13-18H,5-12H2,1-4H3,(H2,26,31)(H,27,32)(H,28,33)(H,36,37)/t14-,15-,16-,17-,18+/m0/s1. The average molecular weight is 554 g/mol. The zero-order chi connectivity index (χ0) is 29.4. The van der Waals surface area contributed by atoms with Crippen molar-refractivity contribution in [1.82, 2.24) is 20.4 Å². The molecule has 0 radical (unpaired) electrons.